The molecule has 2 aromatic heterocycles. The second-order valence-electron chi connectivity index (χ2n) is 3.34. The van der Waals surface area contributed by atoms with E-state index in [1.54, 1.807) is 24.3 Å². The van der Waals surface area contributed by atoms with E-state index in [1.807, 2.05) is 6.92 Å². The lowest BCUT2D eigenvalue weighted by molar-refractivity contribution is 0.603. The highest BCUT2D eigenvalue weighted by atomic mass is 79.9. The van der Waals surface area contributed by atoms with E-state index in [9.17, 15) is 8.42 Å². The van der Waals surface area contributed by atoms with Crippen molar-refractivity contribution in [2.45, 2.75) is 11.1 Å². The number of rotatable bonds is 3. The highest BCUT2D eigenvalue weighted by Crippen LogP contribution is 2.31. The van der Waals surface area contributed by atoms with Crippen LogP contribution in [0.1, 0.15) is 5.56 Å². The number of aromatic nitrogens is 1. The van der Waals surface area contributed by atoms with E-state index in [1.165, 1.54) is 17.5 Å². The van der Waals surface area contributed by atoms with Crippen LogP contribution in [0.2, 0.25) is 0 Å². The summed E-state index contributed by atoms with van der Waals surface area (Å²) in [6.07, 6.45) is 1.54. The van der Waals surface area contributed by atoms with Crippen LogP contribution >= 0.6 is 27.3 Å². The lowest BCUT2D eigenvalue weighted by atomic mass is 10.4. The zero-order valence-corrected chi connectivity index (χ0v) is 12.1. The van der Waals surface area contributed by atoms with Gasteiger partial charge in [0, 0.05) is 6.20 Å². The van der Waals surface area contributed by atoms with E-state index in [2.05, 4.69) is 25.6 Å². The Balaban J connectivity index is 2.32. The van der Waals surface area contributed by atoms with Gasteiger partial charge in [0.25, 0.3) is 10.0 Å². The van der Waals surface area contributed by atoms with Crippen LogP contribution in [0.4, 0.5) is 5.82 Å². The van der Waals surface area contributed by atoms with Crippen LogP contribution in [-0.2, 0) is 10.0 Å². The first-order valence-electron chi connectivity index (χ1n) is 4.69. The van der Waals surface area contributed by atoms with Crippen molar-refractivity contribution >= 4 is 43.1 Å². The van der Waals surface area contributed by atoms with Crippen molar-refractivity contribution in [3.8, 4) is 0 Å². The zero-order valence-electron chi connectivity index (χ0n) is 8.84. The third-order valence-corrected chi connectivity index (χ3v) is 5.97. The summed E-state index contributed by atoms with van der Waals surface area (Å²) in [6.45, 7) is 1.85. The molecule has 0 aromatic carbocycles. The monoisotopic (exact) mass is 332 g/mol. The summed E-state index contributed by atoms with van der Waals surface area (Å²) in [5, 5.41) is 0. The first-order chi connectivity index (χ1) is 7.99. The van der Waals surface area contributed by atoms with Crippen molar-refractivity contribution in [2.24, 2.45) is 0 Å². The maximum absolute atomic E-state index is 12.0. The van der Waals surface area contributed by atoms with E-state index in [0.29, 0.717) is 5.82 Å². The fourth-order valence-electron chi connectivity index (χ4n) is 1.18. The minimum Gasteiger partial charge on any atom is -0.263 e. The maximum Gasteiger partial charge on any atom is 0.272 e. The van der Waals surface area contributed by atoms with Crippen LogP contribution in [0.25, 0.3) is 0 Å². The summed E-state index contributed by atoms with van der Waals surface area (Å²) < 4.78 is 27.5. The van der Waals surface area contributed by atoms with E-state index in [0.717, 1.165) is 9.35 Å². The fourth-order valence-corrected chi connectivity index (χ4v) is 4.41. The smallest absolute Gasteiger partial charge is 0.263 e. The molecule has 0 fully saturated rings. The lowest BCUT2D eigenvalue weighted by Crippen LogP contribution is -2.12. The van der Waals surface area contributed by atoms with Crippen LogP contribution in [0.5, 0.6) is 0 Å². The Labute approximate surface area is 112 Å². The Kier molecular flexibility index (Phi) is 3.50. The standard InChI is InChI=1S/C10H9BrN2O2S2/c1-7-6-9(16-10(7)11)17(14,15)13-8-4-2-3-5-12-8/h2-6H,1H3,(H,12,13). The molecule has 2 rings (SSSR count). The molecule has 7 heteroatoms. The predicted octanol–water partition coefficient (Wildman–Crippen LogP) is 3.01. The molecule has 4 nitrogen and oxygen atoms in total. The van der Waals surface area contributed by atoms with Crippen LogP contribution < -0.4 is 4.72 Å². The zero-order chi connectivity index (χ0) is 12.5. The molecule has 2 heterocycles. The number of sulfonamides is 1. The molecule has 0 bridgehead atoms. The molecule has 1 N–H and O–H groups in total. The molecule has 0 spiro atoms. The van der Waals surface area contributed by atoms with Crippen molar-refractivity contribution in [2.75, 3.05) is 4.72 Å². The lowest BCUT2D eigenvalue weighted by Gasteiger charge is -2.03. The number of hydrogen-bond acceptors (Lipinski definition) is 4. The van der Waals surface area contributed by atoms with Gasteiger partial charge in [-0.25, -0.2) is 13.4 Å². The van der Waals surface area contributed by atoms with Gasteiger partial charge < -0.3 is 0 Å². The second-order valence-corrected chi connectivity index (χ2v) is 7.62. The number of nitrogens with one attached hydrogen (secondary N) is 1. The summed E-state index contributed by atoms with van der Waals surface area (Å²) >= 11 is 4.48. The SMILES string of the molecule is Cc1cc(S(=O)(=O)Nc2ccccn2)sc1Br. The Morgan fingerprint density at radius 1 is 1.41 bits per heavy atom. The van der Waals surface area contributed by atoms with Crippen LogP contribution in [0, 0.1) is 6.92 Å². The van der Waals surface area contributed by atoms with Gasteiger partial charge in [-0.15, -0.1) is 11.3 Å². The van der Waals surface area contributed by atoms with Gasteiger partial charge in [-0.2, -0.15) is 0 Å². The third kappa shape index (κ3) is 2.85. The fraction of sp³-hybridized carbons (Fsp3) is 0.100. The Morgan fingerprint density at radius 2 is 2.18 bits per heavy atom. The number of anilines is 1. The summed E-state index contributed by atoms with van der Waals surface area (Å²) in [4.78, 5) is 3.92. The number of halogens is 1. The first kappa shape index (κ1) is 12.5. The molecule has 0 unspecified atom stereocenters. The van der Waals surface area contributed by atoms with Crippen LogP contribution in [0.3, 0.4) is 0 Å². The Bertz CT molecular complexity index is 604. The average molecular weight is 333 g/mol. The molecule has 0 saturated heterocycles. The summed E-state index contributed by atoms with van der Waals surface area (Å²) in [7, 11) is -3.54. The molecule has 17 heavy (non-hydrogen) atoms. The molecule has 0 aliphatic heterocycles. The van der Waals surface area contributed by atoms with Crippen molar-refractivity contribution in [3.05, 3.63) is 39.8 Å². The highest BCUT2D eigenvalue weighted by molar-refractivity contribution is 9.11. The van der Waals surface area contributed by atoms with E-state index >= 15 is 0 Å². The van der Waals surface area contributed by atoms with Gasteiger partial charge in [0.05, 0.1) is 3.79 Å². The van der Waals surface area contributed by atoms with Gasteiger partial charge in [-0.05, 0) is 46.6 Å². The summed E-state index contributed by atoms with van der Waals surface area (Å²) in [5.41, 5.74) is 0.899. The first-order valence-corrected chi connectivity index (χ1v) is 7.78. The van der Waals surface area contributed by atoms with Gasteiger partial charge in [-0.1, -0.05) is 6.07 Å². The normalized spacial score (nSPS) is 11.4. The van der Waals surface area contributed by atoms with E-state index < -0.39 is 10.0 Å². The van der Waals surface area contributed by atoms with Gasteiger partial charge in [0.15, 0.2) is 0 Å². The minimum absolute atomic E-state index is 0.271. The molecule has 0 radical (unpaired) electrons. The molecule has 0 amide bonds. The number of hydrogen-bond donors (Lipinski definition) is 1. The third-order valence-electron chi connectivity index (χ3n) is 2.00. The summed E-state index contributed by atoms with van der Waals surface area (Å²) in [5.74, 6) is 0.315. The second kappa shape index (κ2) is 4.75. The molecular weight excluding hydrogens is 324 g/mol. The van der Waals surface area contributed by atoms with Gasteiger partial charge >= 0.3 is 0 Å². The number of aryl methyl sites for hydroxylation is 1. The summed E-state index contributed by atoms with van der Waals surface area (Å²) in [6, 6.07) is 6.68. The molecule has 0 atom stereocenters. The van der Waals surface area contributed by atoms with Gasteiger partial charge in [0.1, 0.15) is 10.0 Å². The molecular formula is C10H9BrN2O2S2. The van der Waals surface area contributed by atoms with Crippen molar-refractivity contribution in [3.63, 3.8) is 0 Å². The molecule has 0 aliphatic carbocycles. The minimum atomic E-state index is -3.54. The van der Waals surface area contributed by atoms with Crippen LogP contribution in [0.15, 0.2) is 38.5 Å². The van der Waals surface area contributed by atoms with Crippen molar-refractivity contribution in [1.82, 2.24) is 4.98 Å². The maximum atomic E-state index is 12.0. The molecule has 90 valence electrons. The molecule has 0 saturated carbocycles. The quantitative estimate of drug-likeness (QED) is 0.939. The van der Waals surface area contributed by atoms with Gasteiger partial charge in [-0.3, -0.25) is 4.72 Å². The van der Waals surface area contributed by atoms with Crippen molar-refractivity contribution in [1.29, 1.82) is 0 Å². The number of pyridine rings is 1. The molecule has 2 aromatic rings. The topological polar surface area (TPSA) is 59.1 Å². The van der Waals surface area contributed by atoms with E-state index in [4.69, 9.17) is 0 Å². The molecule has 0 aliphatic rings. The van der Waals surface area contributed by atoms with Crippen molar-refractivity contribution < 1.29 is 8.42 Å². The number of thiophene rings is 1. The largest absolute Gasteiger partial charge is 0.272 e. The average Bonchev–Trinajstić information content (AvgIpc) is 2.61. The predicted molar refractivity (Wildman–Crippen MR) is 71.8 cm³/mol. The Hall–Kier alpha value is -0.920. The van der Waals surface area contributed by atoms with Crippen LogP contribution in [-0.4, -0.2) is 13.4 Å². The number of nitrogens with zero attached hydrogens (tertiary/aromatic N) is 1. The van der Waals surface area contributed by atoms with E-state index in [-0.39, 0.29) is 4.21 Å². The highest BCUT2D eigenvalue weighted by Gasteiger charge is 2.18. The Morgan fingerprint density at radius 3 is 2.71 bits per heavy atom. The van der Waals surface area contributed by atoms with Gasteiger partial charge in [0.2, 0.25) is 0 Å².